The second-order valence-electron chi connectivity index (χ2n) is 6.17. The van der Waals surface area contributed by atoms with E-state index in [1.54, 1.807) is 18.6 Å². The minimum absolute atomic E-state index is 0. The summed E-state index contributed by atoms with van der Waals surface area (Å²) in [5.41, 5.74) is 9.04. The quantitative estimate of drug-likeness (QED) is 0.500. The molecule has 0 saturated carbocycles. The summed E-state index contributed by atoms with van der Waals surface area (Å²) in [6, 6.07) is 0.145. The number of amides is 1. The van der Waals surface area contributed by atoms with Crippen LogP contribution in [0.1, 0.15) is 23.2 Å². The molecule has 0 radical (unpaired) electrons. The average Bonchev–Trinajstić information content (AvgIpc) is 3.25. The Labute approximate surface area is 164 Å². The summed E-state index contributed by atoms with van der Waals surface area (Å²) in [7, 11) is 0. The molecule has 1 saturated heterocycles. The number of hydrogen-bond acceptors (Lipinski definition) is 5. The molecule has 4 heterocycles. The van der Waals surface area contributed by atoms with E-state index < -0.39 is 0 Å². The minimum atomic E-state index is -0.226. The van der Waals surface area contributed by atoms with Crippen molar-refractivity contribution in [1.29, 1.82) is 0 Å². The van der Waals surface area contributed by atoms with Gasteiger partial charge in [-0.2, -0.15) is 5.10 Å². The van der Waals surface area contributed by atoms with Crippen LogP contribution in [0.25, 0.3) is 11.0 Å². The third-order valence-electron chi connectivity index (χ3n) is 4.41. The lowest BCUT2D eigenvalue weighted by Gasteiger charge is -2.33. The number of piperidine rings is 1. The van der Waals surface area contributed by atoms with Crippen molar-refractivity contribution in [2.45, 2.75) is 18.9 Å². The van der Waals surface area contributed by atoms with E-state index in [9.17, 15) is 4.79 Å². The van der Waals surface area contributed by atoms with Crippen LogP contribution in [-0.4, -0.2) is 45.2 Å². The lowest BCUT2D eigenvalue weighted by molar-refractivity contribution is 0.102. The molecule has 1 aliphatic rings. The SMILES string of the molecule is Cl.N[C@@H]1CCCN(c2c(Br)cnc3[nH]cc(NC(=O)c4cn[nH]c4)c23)C1. The molecule has 3 aromatic heterocycles. The molecule has 5 N–H and O–H groups in total. The van der Waals surface area contributed by atoms with Gasteiger partial charge >= 0.3 is 0 Å². The summed E-state index contributed by atoms with van der Waals surface area (Å²) < 4.78 is 0.882. The first-order valence-corrected chi connectivity index (χ1v) is 8.89. The van der Waals surface area contributed by atoms with Crippen LogP contribution in [0.2, 0.25) is 0 Å². The van der Waals surface area contributed by atoms with Gasteiger partial charge < -0.3 is 20.9 Å². The van der Waals surface area contributed by atoms with Gasteiger partial charge in [0, 0.05) is 37.7 Å². The first kappa shape index (κ1) is 18.7. The molecule has 8 nitrogen and oxygen atoms in total. The van der Waals surface area contributed by atoms with Crippen LogP contribution >= 0.6 is 28.3 Å². The third-order valence-corrected chi connectivity index (χ3v) is 4.99. The number of hydrogen-bond donors (Lipinski definition) is 4. The maximum Gasteiger partial charge on any atom is 0.258 e. The number of carbonyl (C=O) groups excluding carboxylic acids is 1. The van der Waals surface area contributed by atoms with Crippen LogP contribution in [0.4, 0.5) is 11.4 Å². The third kappa shape index (κ3) is 3.42. The molecule has 10 heteroatoms. The van der Waals surface area contributed by atoms with Crippen molar-refractivity contribution >= 4 is 56.7 Å². The van der Waals surface area contributed by atoms with Crippen molar-refractivity contribution in [2.24, 2.45) is 5.73 Å². The average molecular weight is 441 g/mol. The largest absolute Gasteiger partial charge is 0.368 e. The normalized spacial score (nSPS) is 17.2. The van der Waals surface area contributed by atoms with Gasteiger partial charge in [0.1, 0.15) is 5.65 Å². The van der Waals surface area contributed by atoms with Crippen molar-refractivity contribution in [3.05, 3.63) is 34.8 Å². The number of nitrogens with zero attached hydrogens (tertiary/aromatic N) is 3. The molecule has 4 rings (SSSR count). The number of pyridine rings is 1. The summed E-state index contributed by atoms with van der Waals surface area (Å²) in [6.45, 7) is 1.70. The molecule has 1 fully saturated rings. The highest BCUT2D eigenvalue weighted by molar-refractivity contribution is 9.10. The van der Waals surface area contributed by atoms with Gasteiger partial charge in [0.15, 0.2) is 0 Å². The minimum Gasteiger partial charge on any atom is -0.368 e. The second kappa shape index (κ2) is 7.65. The van der Waals surface area contributed by atoms with E-state index in [0.29, 0.717) is 11.3 Å². The van der Waals surface area contributed by atoms with Crippen molar-refractivity contribution in [2.75, 3.05) is 23.3 Å². The smallest absolute Gasteiger partial charge is 0.258 e. The molecule has 3 aromatic rings. The predicted octanol–water partition coefficient (Wildman–Crippen LogP) is 2.65. The van der Waals surface area contributed by atoms with E-state index in [1.165, 1.54) is 6.20 Å². The van der Waals surface area contributed by atoms with E-state index >= 15 is 0 Å². The number of aromatic amines is 2. The van der Waals surface area contributed by atoms with Gasteiger partial charge in [-0.25, -0.2) is 4.98 Å². The van der Waals surface area contributed by atoms with Crippen molar-refractivity contribution in [3.63, 3.8) is 0 Å². The van der Waals surface area contributed by atoms with Crippen LogP contribution in [0.3, 0.4) is 0 Å². The molecule has 0 aliphatic carbocycles. The number of H-pyrrole nitrogens is 2. The van der Waals surface area contributed by atoms with E-state index in [0.717, 1.165) is 47.1 Å². The topological polar surface area (TPSA) is 116 Å². The molecule has 0 bridgehead atoms. The molecule has 1 aliphatic heterocycles. The Hall–Kier alpha value is -2.10. The fourth-order valence-electron chi connectivity index (χ4n) is 3.25. The first-order chi connectivity index (χ1) is 12.1. The summed E-state index contributed by atoms with van der Waals surface area (Å²) in [4.78, 5) is 22.2. The number of fused-ring (bicyclic) bond motifs is 1. The number of aromatic nitrogens is 4. The van der Waals surface area contributed by atoms with E-state index in [2.05, 4.69) is 46.3 Å². The fraction of sp³-hybridized carbons (Fsp3) is 0.312. The van der Waals surface area contributed by atoms with E-state index in [4.69, 9.17) is 5.73 Å². The number of carbonyl (C=O) groups is 1. The number of nitrogens with two attached hydrogens (primary N) is 1. The zero-order valence-corrected chi connectivity index (χ0v) is 16.2. The van der Waals surface area contributed by atoms with E-state index in [1.807, 2.05) is 0 Å². The van der Waals surface area contributed by atoms with Crippen molar-refractivity contribution in [1.82, 2.24) is 20.2 Å². The monoisotopic (exact) mass is 439 g/mol. The predicted molar refractivity (Wildman–Crippen MR) is 107 cm³/mol. The van der Waals surface area contributed by atoms with E-state index in [-0.39, 0.29) is 24.4 Å². The summed E-state index contributed by atoms with van der Waals surface area (Å²) in [5.74, 6) is -0.226. The summed E-state index contributed by atoms with van der Waals surface area (Å²) in [5, 5.41) is 10.3. The zero-order chi connectivity index (χ0) is 17.4. The number of anilines is 2. The first-order valence-electron chi connectivity index (χ1n) is 8.09. The van der Waals surface area contributed by atoms with Crippen molar-refractivity contribution < 1.29 is 4.79 Å². The van der Waals surface area contributed by atoms with Crippen molar-refractivity contribution in [3.8, 4) is 0 Å². The molecular weight excluding hydrogens is 422 g/mol. The molecule has 0 aromatic carbocycles. The lowest BCUT2D eigenvalue weighted by atomic mass is 10.1. The highest BCUT2D eigenvalue weighted by Crippen LogP contribution is 2.38. The Morgan fingerprint density at radius 2 is 2.23 bits per heavy atom. The Morgan fingerprint density at radius 1 is 1.38 bits per heavy atom. The fourth-order valence-corrected chi connectivity index (χ4v) is 3.80. The highest BCUT2D eigenvalue weighted by atomic mass is 79.9. The summed E-state index contributed by atoms with van der Waals surface area (Å²) in [6.07, 6.45) is 8.65. The second-order valence-corrected chi connectivity index (χ2v) is 7.02. The molecule has 1 amide bonds. The molecule has 26 heavy (non-hydrogen) atoms. The van der Waals surface area contributed by atoms with Gasteiger partial charge in [0.2, 0.25) is 0 Å². The van der Waals surface area contributed by atoms with Gasteiger partial charge in [-0.15, -0.1) is 12.4 Å². The lowest BCUT2D eigenvalue weighted by Crippen LogP contribution is -2.43. The van der Waals surface area contributed by atoms with Crippen LogP contribution in [-0.2, 0) is 0 Å². The molecule has 0 unspecified atom stereocenters. The van der Waals surface area contributed by atoms with Gasteiger partial charge in [-0.3, -0.25) is 9.89 Å². The maximum absolute atomic E-state index is 12.4. The van der Waals surface area contributed by atoms with Crippen LogP contribution < -0.4 is 16.0 Å². The van der Waals surface area contributed by atoms with Gasteiger partial charge in [0.25, 0.3) is 5.91 Å². The molecule has 138 valence electrons. The Bertz CT molecular complexity index is 911. The Kier molecular flexibility index (Phi) is 5.49. The highest BCUT2D eigenvalue weighted by Gasteiger charge is 2.24. The number of rotatable bonds is 3. The molecule has 0 spiro atoms. The van der Waals surface area contributed by atoms with Crippen LogP contribution in [0.15, 0.2) is 29.3 Å². The zero-order valence-electron chi connectivity index (χ0n) is 13.8. The molecular formula is C16H19BrClN7O. The van der Waals surface area contributed by atoms with Crippen LogP contribution in [0, 0.1) is 0 Å². The Morgan fingerprint density at radius 3 is 2.96 bits per heavy atom. The maximum atomic E-state index is 12.4. The van der Waals surface area contributed by atoms with Gasteiger partial charge in [-0.05, 0) is 28.8 Å². The van der Waals surface area contributed by atoms with Crippen LogP contribution in [0.5, 0.6) is 0 Å². The standard InChI is InChI=1S/C16H18BrN7O.ClH/c17-11-6-19-15-13(14(11)24-3-1-2-10(18)8-24)12(7-20-15)23-16(25)9-4-21-22-5-9;/h4-7,10H,1-3,8,18H2,(H,19,20)(H,21,22)(H,23,25);1H/t10-;/m1./s1. The van der Waals surface area contributed by atoms with Gasteiger partial charge in [-0.1, -0.05) is 0 Å². The van der Waals surface area contributed by atoms with Gasteiger partial charge in [0.05, 0.1) is 33.0 Å². The Balaban J connectivity index is 0.00000196. The molecule has 1 atom stereocenters. The summed E-state index contributed by atoms with van der Waals surface area (Å²) >= 11 is 3.61. The number of nitrogens with one attached hydrogen (secondary N) is 3. The number of halogens is 2.